The Bertz CT molecular complexity index is 388. The van der Waals surface area contributed by atoms with Gasteiger partial charge in [0, 0.05) is 6.04 Å². The number of hydrogen-bond donors (Lipinski definition) is 1. The molecule has 0 atom stereocenters. The number of ether oxygens (including phenoxy) is 1. The molecule has 0 saturated heterocycles. The summed E-state index contributed by atoms with van der Waals surface area (Å²) in [5, 5.41) is 3.59. The maximum Gasteiger partial charge on any atom is 0.126 e. The Morgan fingerprint density at radius 3 is 2.79 bits per heavy atom. The van der Waals surface area contributed by atoms with Crippen molar-refractivity contribution in [2.75, 3.05) is 13.2 Å². The summed E-state index contributed by atoms with van der Waals surface area (Å²) in [5.41, 5.74) is 0.637. The second kappa shape index (κ2) is 7.49. The highest BCUT2D eigenvalue weighted by Crippen LogP contribution is 2.17. The highest BCUT2D eigenvalue weighted by molar-refractivity contribution is 5.28. The van der Waals surface area contributed by atoms with Crippen molar-refractivity contribution in [2.24, 2.45) is 0 Å². The summed E-state index contributed by atoms with van der Waals surface area (Å²) in [4.78, 5) is 0. The molecule has 1 saturated carbocycles. The van der Waals surface area contributed by atoms with Gasteiger partial charge >= 0.3 is 0 Å². The summed E-state index contributed by atoms with van der Waals surface area (Å²) in [7, 11) is 0. The van der Waals surface area contributed by atoms with Gasteiger partial charge in [0.15, 0.2) is 0 Å². The third-order valence-corrected chi connectivity index (χ3v) is 3.76. The lowest BCUT2D eigenvalue weighted by Crippen LogP contribution is -2.32. The highest BCUT2D eigenvalue weighted by atomic mass is 19.1. The van der Waals surface area contributed by atoms with E-state index in [0.29, 0.717) is 18.2 Å². The summed E-state index contributed by atoms with van der Waals surface area (Å²) in [6.07, 6.45) is 7.75. The maximum atomic E-state index is 13.1. The third-order valence-electron chi connectivity index (χ3n) is 3.76. The van der Waals surface area contributed by atoms with Crippen LogP contribution in [0.1, 0.15) is 44.1 Å². The first-order chi connectivity index (χ1) is 9.25. The van der Waals surface area contributed by atoms with Gasteiger partial charge < -0.3 is 10.1 Å². The van der Waals surface area contributed by atoms with Crippen LogP contribution in [0.5, 0.6) is 5.75 Å². The summed E-state index contributed by atoms with van der Waals surface area (Å²) >= 11 is 0. The Kier molecular flexibility index (Phi) is 5.64. The van der Waals surface area contributed by atoms with Crippen molar-refractivity contribution < 1.29 is 9.13 Å². The fraction of sp³-hybridized carbons (Fsp3) is 0.625. The van der Waals surface area contributed by atoms with Gasteiger partial charge in [-0.2, -0.15) is 0 Å². The van der Waals surface area contributed by atoms with E-state index in [-0.39, 0.29) is 5.82 Å². The second-order valence-corrected chi connectivity index (χ2v) is 5.40. The fourth-order valence-electron chi connectivity index (χ4n) is 2.58. The van der Waals surface area contributed by atoms with E-state index in [2.05, 4.69) is 5.32 Å². The van der Waals surface area contributed by atoms with E-state index in [9.17, 15) is 4.39 Å². The second-order valence-electron chi connectivity index (χ2n) is 5.40. The monoisotopic (exact) mass is 265 g/mol. The van der Waals surface area contributed by atoms with Crippen LogP contribution in [-0.4, -0.2) is 19.2 Å². The van der Waals surface area contributed by atoms with E-state index in [4.69, 9.17) is 4.74 Å². The number of halogens is 1. The van der Waals surface area contributed by atoms with Crippen molar-refractivity contribution in [2.45, 2.75) is 51.5 Å². The average molecular weight is 265 g/mol. The minimum absolute atomic E-state index is 0.175. The summed E-state index contributed by atoms with van der Waals surface area (Å²) in [6, 6.07) is 5.62. The molecule has 0 heterocycles. The standard InChI is InChI=1S/C16H24FNO/c1-13-12-15(8-9-16(13)17)19-11-5-10-18-14-6-3-2-4-7-14/h8-9,12,14,18H,2-7,10-11H2,1H3. The zero-order chi connectivity index (χ0) is 13.5. The largest absolute Gasteiger partial charge is 0.494 e. The van der Waals surface area contributed by atoms with Crippen molar-refractivity contribution in [1.82, 2.24) is 5.32 Å². The van der Waals surface area contributed by atoms with Gasteiger partial charge in [0.2, 0.25) is 0 Å². The van der Waals surface area contributed by atoms with Gasteiger partial charge in [0.1, 0.15) is 11.6 Å². The van der Waals surface area contributed by atoms with Gasteiger partial charge in [-0.15, -0.1) is 0 Å². The predicted molar refractivity (Wildman–Crippen MR) is 76.1 cm³/mol. The highest BCUT2D eigenvalue weighted by Gasteiger charge is 2.11. The number of benzene rings is 1. The molecule has 1 aromatic carbocycles. The molecule has 106 valence electrons. The lowest BCUT2D eigenvalue weighted by Gasteiger charge is -2.22. The van der Waals surface area contributed by atoms with E-state index in [1.165, 1.54) is 38.2 Å². The topological polar surface area (TPSA) is 21.3 Å². The molecule has 0 amide bonds. The summed E-state index contributed by atoms with van der Waals surface area (Å²) < 4.78 is 18.7. The molecule has 19 heavy (non-hydrogen) atoms. The molecule has 0 bridgehead atoms. The molecule has 1 aromatic rings. The Morgan fingerprint density at radius 2 is 2.05 bits per heavy atom. The molecule has 1 N–H and O–H groups in total. The Labute approximate surface area is 115 Å². The lowest BCUT2D eigenvalue weighted by atomic mass is 9.95. The molecule has 0 unspecified atom stereocenters. The number of aryl methyl sites for hydroxylation is 1. The van der Waals surface area contributed by atoms with Crippen LogP contribution in [-0.2, 0) is 0 Å². The Hall–Kier alpha value is -1.09. The molecule has 1 aliphatic carbocycles. The number of hydrogen-bond acceptors (Lipinski definition) is 2. The zero-order valence-corrected chi connectivity index (χ0v) is 11.8. The maximum absolute atomic E-state index is 13.1. The van der Waals surface area contributed by atoms with Crippen LogP contribution in [0.4, 0.5) is 4.39 Å². The molecule has 2 rings (SSSR count). The van der Waals surface area contributed by atoms with Crippen molar-refractivity contribution in [1.29, 1.82) is 0 Å². The van der Waals surface area contributed by atoms with Gasteiger partial charge in [0.25, 0.3) is 0 Å². The van der Waals surface area contributed by atoms with Gasteiger partial charge in [-0.3, -0.25) is 0 Å². The summed E-state index contributed by atoms with van der Waals surface area (Å²) in [5.74, 6) is 0.586. The molecular formula is C16H24FNO. The van der Waals surface area contributed by atoms with Crippen LogP contribution in [0.3, 0.4) is 0 Å². The molecular weight excluding hydrogens is 241 g/mol. The van der Waals surface area contributed by atoms with Crippen LogP contribution < -0.4 is 10.1 Å². The van der Waals surface area contributed by atoms with Gasteiger partial charge in [-0.25, -0.2) is 4.39 Å². The minimum Gasteiger partial charge on any atom is -0.494 e. The fourth-order valence-corrected chi connectivity index (χ4v) is 2.58. The Morgan fingerprint density at radius 1 is 1.26 bits per heavy atom. The molecule has 0 aliphatic heterocycles. The smallest absolute Gasteiger partial charge is 0.126 e. The van der Waals surface area contributed by atoms with Crippen LogP contribution in [0.15, 0.2) is 18.2 Å². The van der Waals surface area contributed by atoms with E-state index < -0.39 is 0 Å². The Balaban J connectivity index is 1.59. The van der Waals surface area contributed by atoms with Gasteiger partial charge in [-0.05, 0) is 56.5 Å². The molecule has 1 aliphatic rings. The number of nitrogens with one attached hydrogen (secondary N) is 1. The first-order valence-corrected chi connectivity index (χ1v) is 7.38. The van der Waals surface area contributed by atoms with E-state index >= 15 is 0 Å². The van der Waals surface area contributed by atoms with Crippen LogP contribution in [0.25, 0.3) is 0 Å². The van der Waals surface area contributed by atoms with Crippen molar-refractivity contribution in [3.8, 4) is 5.75 Å². The van der Waals surface area contributed by atoms with E-state index in [1.807, 2.05) is 0 Å². The van der Waals surface area contributed by atoms with Crippen LogP contribution in [0.2, 0.25) is 0 Å². The molecule has 2 nitrogen and oxygen atoms in total. The quantitative estimate of drug-likeness (QED) is 0.789. The molecule has 0 aromatic heterocycles. The van der Waals surface area contributed by atoms with Crippen LogP contribution in [0, 0.1) is 12.7 Å². The zero-order valence-electron chi connectivity index (χ0n) is 11.8. The molecule has 1 fully saturated rings. The summed E-state index contributed by atoms with van der Waals surface area (Å²) in [6.45, 7) is 3.45. The molecule has 0 radical (unpaired) electrons. The molecule has 0 spiro atoms. The first-order valence-electron chi connectivity index (χ1n) is 7.38. The average Bonchev–Trinajstić information content (AvgIpc) is 2.43. The van der Waals surface area contributed by atoms with Gasteiger partial charge in [0.05, 0.1) is 6.61 Å². The predicted octanol–water partition coefficient (Wildman–Crippen LogP) is 3.83. The lowest BCUT2D eigenvalue weighted by molar-refractivity contribution is 0.296. The van der Waals surface area contributed by atoms with Crippen molar-refractivity contribution >= 4 is 0 Å². The first kappa shape index (κ1) is 14.3. The van der Waals surface area contributed by atoms with E-state index in [0.717, 1.165) is 18.7 Å². The van der Waals surface area contributed by atoms with E-state index in [1.54, 1.807) is 19.1 Å². The van der Waals surface area contributed by atoms with Gasteiger partial charge in [-0.1, -0.05) is 19.3 Å². The van der Waals surface area contributed by atoms with Crippen LogP contribution >= 0.6 is 0 Å². The molecule has 3 heteroatoms. The number of rotatable bonds is 6. The third kappa shape index (κ3) is 4.83. The van der Waals surface area contributed by atoms with Crippen molar-refractivity contribution in [3.63, 3.8) is 0 Å². The normalized spacial score (nSPS) is 16.5. The minimum atomic E-state index is -0.175. The SMILES string of the molecule is Cc1cc(OCCCNC2CCCCC2)ccc1F. The van der Waals surface area contributed by atoms with Crippen molar-refractivity contribution in [3.05, 3.63) is 29.6 Å².